The van der Waals surface area contributed by atoms with Crippen molar-refractivity contribution >= 4 is 33.2 Å². The first kappa shape index (κ1) is 15.3. The number of nitrogens with two attached hydrogens (primary N) is 1. The summed E-state index contributed by atoms with van der Waals surface area (Å²) in [5, 5.41) is 3.60. The van der Waals surface area contributed by atoms with Gasteiger partial charge in [-0.25, -0.2) is 4.39 Å². The van der Waals surface area contributed by atoms with E-state index in [9.17, 15) is 4.39 Å². The molecule has 1 atom stereocenters. The van der Waals surface area contributed by atoms with Crippen molar-refractivity contribution in [1.82, 2.24) is 0 Å². The number of anilines is 1. The first-order valence-corrected chi connectivity index (χ1v) is 7.36. The third-order valence-corrected chi connectivity index (χ3v) is 3.75. The second-order valence-electron chi connectivity index (χ2n) is 4.59. The number of benzene rings is 2. The molecule has 0 aliphatic carbocycles. The Kier molecular flexibility index (Phi) is 5.02. The monoisotopic (exact) mass is 356 g/mol. The third-order valence-electron chi connectivity index (χ3n) is 2.97. The molecule has 0 bridgehead atoms. The van der Waals surface area contributed by atoms with Gasteiger partial charge in [-0.3, -0.25) is 0 Å². The Bertz CT molecular complexity index is 578. The lowest BCUT2D eigenvalue weighted by Gasteiger charge is -2.21. The molecule has 106 valence electrons. The number of hydrogen-bond acceptors (Lipinski definition) is 2. The molecule has 0 saturated carbocycles. The molecule has 20 heavy (non-hydrogen) atoms. The van der Waals surface area contributed by atoms with Crippen LogP contribution in [0.1, 0.15) is 17.2 Å². The molecule has 0 aliphatic heterocycles. The topological polar surface area (TPSA) is 38.0 Å². The van der Waals surface area contributed by atoms with Crippen molar-refractivity contribution in [3.05, 3.63) is 62.8 Å². The van der Waals surface area contributed by atoms with E-state index >= 15 is 0 Å². The first-order valence-electron chi connectivity index (χ1n) is 6.19. The predicted octanol–water partition coefficient (Wildman–Crippen LogP) is 4.66. The summed E-state index contributed by atoms with van der Waals surface area (Å²) >= 11 is 9.53. The van der Waals surface area contributed by atoms with Gasteiger partial charge in [0.2, 0.25) is 0 Å². The Morgan fingerprint density at radius 2 is 2.10 bits per heavy atom. The quantitative estimate of drug-likeness (QED) is 0.835. The number of aryl methyl sites for hydroxylation is 1. The normalized spacial score (nSPS) is 12.2. The highest BCUT2D eigenvalue weighted by molar-refractivity contribution is 9.10. The molecule has 3 N–H and O–H groups in total. The largest absolute Gasteiger partial charge is 0.377 e. The highest BCUT2D eigenvalue weighted by Crippen LogP contribution is 2.29. The number of nitrogens with one attached hydrogen (secondary N) is 1. The summed E-state index contributed by atoms with van der Waals surface area (Å²) in [5.41, 5.74) is 8.13. The van der Waals surface area contributed by atoms with Crippen molar-refractivity contribution < 1.29 is 4.39 Å². The summed E-state index contributed by atoms with van der Waals surface area (Å²) in [4.78, 5) is 0. The van der Waals surface area contributed by atoms with Gasteiger partial charge in [0.25, 0.3) is 0 Å². The van der Waals surface area contributed by atoms with Crippen molar-refractivity contribution in [2.24, 2.45) is 5.73 Å². The van der Waals surface area contributed by atoms with Crippen LogP contribution in [0.4, 0.5) is 10.1 Å². The molecule has 2 aromatic rings. The molecule has 0 radical (unpaired) electrons. The van der Waals surface area contributed by atoms with Crippen LogP contribution in [0.2, 0.25) is 5.02 Å². The van der Waals surface area contributed by atoms with Gasteiger partial charge in [0.05, 0.1) is 6.04 Å². The molecule has 2 nitrogen and oxygen atoms in total. The van der Waals surface area contributed by atoms with Gasteiger partial charge in [-0.1, -0.05) is 33.6 Å². The molecule has 5 heteroatoms. The highest BCUT2D eigenvalue weighted by Gasteiger charge is 2.17. The average Bonchev–Trinajstić information content (AvgIpc) is 2.36. The summed E-state index contributed by atoms with van der Waals surface area (Å²) in [5.74, 6) is -0.354. The van der Waals surface area contributed by atoms with Gasteiger partial charge in [-0.2, -0.15) is 0 Å². The van der Waals surface area contributed by atoms with Crippen molar-refractivity contribution in [2.45, 2.75) is 13.0 Å². The minimum absolute atomic E-state index is 0.242. The minimum atomic E-state index is -0.377. The van der Waals surface area contributed by atoms with Crippen LogP contribution in [0, 0.1) is 12.7 Å². The fourth-order valence-electron chi connectivity index (χ4n) is 2.11. The van der Waals surface area contributed by atoms with Crippen LogP contribution in [0.3, 0.4) is 0 Å². The van der Waals surface area contributed by atoms with Gasteiger partial charge in [-0.15, -0.1) is 0 Å². The van der Waals surface area contributed by atoms with Gasteiger partial charge >= 0.3 is 0 Å². The number of hydrogen-bond donors (Lipinski definition) is 2. The molecular weight excluding hydrogens is 343 g/mol. The lowest BCUT2D eigenvalue weighted by molar-refractivity contribution is 0.593. The molecule has 0 saturated heterocycles. The molecule has 1 unspecified atom stereocenters. The zero-order valence-corrected chi connectivity index (χ0v) is 13.3. The maximum Gasteiger partial charge on any atom is 0.130 e. The van der Waals surface area contributed by atoms with Crippen LogP contribution < -0.4 is 11.1 Å². The van der Waals surface area contributed by atoms with E-state index in [0.29, 0.717) is 10.6 Å². The molecule has 0 aromatic heterocycles. The molecule has 0 fully saturated rings. The summed E-state index contributed by atoms with van der Waals surface area (Å²) < 4.78 is 14.9. The fourth-order valence-corrected chi connectivity index (χ4v) is 3.02. The van der Waals surface area contributed by atoms with E-state index in [-0.39, 0.29) is 18.4 Å². The smallest absolute Gasteiger partial charge is 0.130 e. The van der Waals surface area contributed by atoms with Crippen LogP contribution in [-0.2, 0) is 0 Å². The zero-order valence-electron chi connectivity index (χ0n) is 11.0. The van der Waals surface area contributed by atoms with Gasteiger partial charge in [-0.05, 0) is 42.8 Å². The molecule has 2 aromatic carbocycles. The standard InChI is InChI=1S/C15H15BrClFN2/c1-9-5-10(16)7-11(6-9)20-14(8-19)15-12(17)3-2-4-13(15)18/h2-7,14,20H,8,19H2,1H3. The van der Waals surface area contributed by atoms with Gasteiger partial charge in [0.1, 0.15) is 5.82 Å². The fraction of sp³-hybridized carbons (Fsp3) is 0.200. The van der Waals surface area contributed by atoms with E-state index < -0.39 is 0 Å². The highest BCUT2D eigenvalue weighted by atomic mass is 79.9. The molecular formula is C15H15BrClFN2. The van der Waals surface area contributed by atoms with E-state index in [0.717, 1.165) is 15.7 Å². The summed E-state index contributed by atoms with van der Waals surface area (Å²) in [6.45, 7) is 2.23. The van der Waals surface area contributed by atoms with Gasteiger partial charge < -0.3 is 11.1 Å². The number of halogens is 3. The maximum absolute atomic E-state index is 14.0. The Balaban J connectivity index is 2.34. The maximum atomic E-state index is 14.0. The second kappa shape index (κ2) is 6.57. The zero-order chi connectivity index (χ0) is 14.7. The minimum Gasteiger partial charge on any atom is -0.377 e. The predicted molar refractivity (Wildman–Crippen MR) is 85.7 cm³/mol. The molecule has 0 heterocycles. The van der Waals surface area contributed by atoms with E-state index in [4.69, 9.17) is 17.3 Å². The first-order chi connectivity index (χ1) is 9.51. The van der Waals surface area contributed by atoms with E-state index in [1.54, 1.807) is 12.1 Å². The Hall–Kier alpha value is -1.10. The van der Waals surface area contributed by atoms with Crippen LogP contribution in [-0.4, -0.2) is 6.54 Å². The van der Waals surface area contributed by atoms with Crippen LogP contribution in [0.25, 0.3) is 0 Å². The van der Waals surface area contributed by atoms with Crippen LogP contribution in [0.5, 0.6) is 0 Å². The van der Waals surface area contributed by atoms with Crippen molar-refractivity contribution in [3.63, 3.8) is 0 Å². The van der Waals surface area contributed by atoms with Crippen molar-refractivity contribution in [2.75, 3.05) is 11.9 Å². The van der Waals surface area contributed by atoms with E-state index in [2.05, 4.69) is 21.2 Å². The van der Waals surface area contributed by atoms with E-state index in [1.165, 1.54) is 6.07 Å². The molecule has 0 amide bonds. The van der Waals surface area contributed by atoms with E-state index in [1.807, 2.05) is 25.1 Å². The lowest BCUT2D eigenvalue weighted by Crippen LogP contribution is -2.22. The average molecular weight is 358 g/mol. The van der Waals surface area contributed by atoms with Crippen LogP contribution in [0.15, 0.2) is 40.9 Å². The molecule has 2 rings (SSSR count). The molecule has 0 spiro atoms. The molecule has 0 aliphatic rings. The van der Waals surface area contributed by atoms with Crippen molar-refractivity contribution in [1.29, 1.82) is 0 Å². The van der Waals surface area contributed by atoms with Gasteiger partial charge in [0.15, 0.2) is 0 Å². The SMILES string of the molecule is Cc1cc(Br)cc(NC(CN)c2c(F)cccc2Cl)c1. The summed E-state index contributed by atoms with van der Waals surface area (Å²) in [6, 6.07) is 10.1. The summed E-state index contributed by atoms with van der Waals surface area (Å²) in [7, 11) is 0. The van der Waals surface area contributed by atoms with Crippen molar-refractivity contribution in [3.8, 4) is 0 Å². The summed E-state index contributed by atoms with van der Waals surface area (Å²) in [6.07, 6.45) is 0. The Labute approximate surface area is 131 Å². The Morgan fingerprint density at radius 3 is 2.70 bits per heavy atom. The van der Waals surface area contributed by atoms with Gasteiger partial charge in [0, 0.05) is 27.3 Å². The Morgan fingerprint density at radius 1 is 1.35 bits per heavy atom. The third kappa shape index (κ3) is 3.51. The second-order valence-corrected chi connectivity index (χ2v) is 5.91. The number of rotatable bonds is 4. The lowest BCUT2D eigenvalue weighted by atomic mass is 10.1. The van der Waals surface area contributed by atoms with Crippen LogP contribution >= 0.6 is 27.5 Å².